The topological polar surface area (TPSA) is 34.1 Å². The van der Waals surface area contributed by atoms with E-state index in [-0.39, 0.29) is 4.90 Å². The molecule has 0 saturated carbocycles. The van der Waals surface area contributed by atoms with Gasteiger partial charge in [0.15, 0.2) is 0 Å². The Balaban J connectivity index is 3.53. The first-order valence-electron chi connectivity index (χ1n) is 3.54. The largest absolute Gasteiger partial charge is 0.261 e. The standard InChI is InChI=1S/C8H8ClFO2S/c1-5-6(2)8(13(9,11)12)4-3-7(5)10/h3-4H,1-2H3. The average molecular weight is 223 g/mol. The maximum atomic E-state index is 12.9. The smallest absolute Gasteiger partial charge is 0.207 e. The maximum absolute atomic E-state index is 12.9. The van der Waals surface area contributed by atoms with Crippen LogP contribution in [-0.2, 0) is 9.05 Å². The van der Waals surface area contributed by atoms with Gasteiger partial charge in [0.05, 0.1) is 4.90 Å². The molecule has 0 atom stereocenters. The number of hydrogen-bond acceptors (Lipinski definition) is 2. The van der Waals surface area contributed by atoms with Gasteiger partial charge < -0.3 is 0 Å². The van der Waals surface area contributed by atoms with E-state index in [2.05, 4.69) is 0 Å². The van der Waals surface area contributed by atoms with Gasteiger partial charge in [-0.2, -0.15) is 0 Å². The first-order valence-corrected chi connectivity index (χ1v) is 5.85. The van der Waals surface area contributed by atoms with Crippen LogP contribution in [0.4, 0.5) is 4.39 Å². The third-order valence-corrected chi connectivity index (χ3v) is 3.40. The fourth-order valence-electron chi connectivity index (χ4n) is 1.03. The number of rotatable bonds is 1. The molecule has 0 spiro atoms. The van der Waals surface area contributed by atoms with E-state index in [1.807, 2.05) is 0 Å². The van der Waals surface area contributed by atoms with Crippen LogP contribution in [0.5, 0.6) is 0 Å². The van der Waals surface area contributed by atoms with E-state index in [1.165, 1.54) is 19.9 Å². The van der Waals surface area contributed by atoms with Crippen LogP contribution < -0.4 is 0 Å². The Morgan fingerprint density at radius 2 is 1.77 bits per heavy atom. The summed E-state index contributed by atoms with van der Waals surface area (Å²) in [6, 6.07) is 2.26. The van der Waals surface area contributed by atoms with Gasteiger partial charge in [-0.15, -0.1) is 0 Å². The molecule has 5 heteroatoms. The van der Waals surface area contributed by atoms with Gasteiger partial charge in [-0.3, -0.25) is 0 Å². The SMILES string of the molecule is Cc1c(F)ccc(S(=O)(=O)Cl)c1C. The van der Waals surface area contributed by atoms with Crippen molar-refractivity contribution in [3.05, 3.63) is 29.1 Å². The monoisotopic (exact) mass is 222 g/mol. The summed E-state index contributed by atoms with van der Waals surface area (Å²) in [4.78, 5) is -0.0342. The van der Waals surface area contributed by atoms with Crippen molar-refractivity contribution in [2.24, 2.45) is 0 Å². The summed E-state index contributed by atoms with van der Waals surface area (Å²) >= 11 is 0. The fraction of sp³-hybridized carbons (Fsp3) is 0.250. The summed E-state index contributed by atoms with van der Waals surface area (Å²) in [6.07, 6.45) is 0. The molecule has 0 heterocycles. The van der Waals surface area contributed by atoms with Gasteiger partial charge in [0, 0.05) is 10.7 Å². The lowest BCUT2D eigenvalue weighted by molar-refractivity contribution is 0.603. The summed E-state index contributed by atoms with van der Waals surface area (Å²) in [5.41, 5.74) is 0.664. The van der Waals surface area contributed by atoms with Gasteiger partial charge in [0.1, 0.15) is 5.82 Å². The molecule has 0 aliphatic heterocycles. The van der Waals surface area contributed by atoms with Crippen LogP contribution in [0.2, 0.25) is 0 Å². The lowest BCUT2D eigenvalue weighted by Crippen LogP contribution is -1.98. The maximum Gasteiger partial charge on any atom is 0.261 e. The molecule has 0 aliphatic carbocycles. The van der Waals surface area contributed by atoms with Crippen molar-refractivity contribution in [1.29, 1.82) is 0 Å². The molecule has 0 unspecified atom stereocenters. The van der Waals surface area contributed by atoms with Crippen molar-refractivity contribution in [2.45, 2.75) is 18.7 Å². The van der Waals surface area contributed by atoms with Crippen molar-refractivity contribution in [3.63, 3.8) is 0 Å². The van der Waals surface area contributed by atoms with Crippen molar-refractivity contribution in [2.75, 3.05) is 0 Å². The highest BCUT2D eigenvalue weighted by atomic mass is 35.7. The minimum Gasteiger partial charge on any atom is -0.207 e. The predicted octanol–water partition coefficient (Wildman–Crippen LogP) is 2.37. The number of benzene rings is 1. The summed E-state index contributed by atoms with van der Waals surface area (Å²) in [6.45, 7) is 3.03. The van der Waals surface area contributed by atoms with Gasteiger partial charge in [0.25, 0.3) is 9.05 Å². The van der Waals surface area contributed by atoms with Crippen molar-refractivity contribution in [3.8, 4) is 0 Å². The molecule has 2 nitrogen and oxygen atoms in total. The van der Waals surface area contributed by atoms with Crippen LogP contribution in [0.15, 0.2) is 17.0 Å². The highest BCUT2D eigenvalue weighted by Gasteiger charge is 2.15. The molecule has 0 aliphatic rings. The Labute approximate surface area is 80.8 Å². The molecular formula is C8H8ClFO2S. The Morgan fingerprint density at radius 1 is 1.23 bits per heavy atom. The predicted molar refractivity (Wildman–Crippen MR) is 48.9 cm³/mol. The van der Waals surface area contributed by atoms with E-state index in [0.717, 1.165) is 6.07 Å². The van der Waals surface area contributed by atoms with E-state index >= 15 is 0 Å². The lowest BCUT2D eigenvalue weighted by Gasteiger charge is -2.05. The Kier molecular flexibility index (Phi) is 2.63. The van der Waals surface area contributed by atoms with Gasteiger partial charge in [-0.05, 0) is 37.1 Å². The molecule has 0 fully saturated rings. The van der Waals surface area contributed by atoms with Crippen LogP contribution in [0.1, 0.15) is 11.1 Å². The summed E-state index contributed by atoms with van der Waals surface area (Å²) in [5, 5.41) is 0. The van der Waals surface area contributed by atoms with E-state index in [0.29, 0.717) is 11.1 Å². The molecule has 1 rings (SSSR count). The fourth-order valence-corrected chi connectivity index (χ4v) is 2.28. The highest BCUT2D eigenvalue weighted by Crippen LogP contribution is 2.23. The summed E-state index contributed by atoms with van der Waals surface area (Å²) in [5.74, 6) is -0.429. The van der Waals surface area contributed by atoms with Crippen molar-refractivity contribution < 1.29 is 12.8 Å². The normalized spacial score (nSPS) is 11.7. The molecule has 1 aromatic rings. The van der Waals surface area contributed by atoms with Crippen LogP contribution in [-0.4, -0.2) is 8.42 Å². The molecule has 0 saturated heterocycles. The Hall–Kier alpha value is -0.610. The second-order valence-corrected chi connectivity index (χ2v) is 5.27. The Bertz CT molecular complexity index is 440. The van der Waals surface area contributed by atoms with Gasteiger partial charge in [-0.25, -0.2) is 12.8 Å². The van der Waals surface area contributed by atoms with Crippen molar-refractivity contribution >= 4 is 19.7 Å². The van der Waals surface area contributed by atoms with Crippen LogP contribution in [0.3, 0.4) is 0 Å². The molecular weight excluding hydrogens is 215 g/mol. The first-order chi connectivity index (χ1) is 5.84. The van der Waals surface area contributed by atoms with Gasteiger partial charge in [-0.1, -0.05) is 0 Å². The van der Waals surface area contributed by atoms with E-state index in [1.54, 1.807) is 0 Å². The Morgan fingerprint density at radius 3 is 2.23 bits per heavy atom. The van der Waals surface area contributed by atoms with Crippen LogP contribution in [0.25, 0.3) is 0 Å². The minimum atomic E-state index is -3.77. The van der Waals surface area contributed by atoms with Crippen LogP contribution >= 0.6 is 10.7 Å². The quantitative estimate of drug-likeness (QED) is 0.684. The molecule has 0 bridgehead atoms. The zero-order chi connectivity index (χ0) is 10.2. The number of hydrogen-bond donors (Lipinski definition) is 0. The van der Waals surface area contributed by atoms with Crippen molar-refractivity contribution in [1.82, 2.24) is 0 Å². The highest BCUT2D eigenvalue weighted by molar-refractivity contribution is 8.13. The summed E-state index contributed by atoms with van der Waals surface area (Å²) < 4.78 is 34.8. The van der Waals surface area contributed by atoms with Crippen LogP contribution in [0, 0.1) is 19.7 Å². The molecule has 1 aromatic carbocycles. The molecule has 0 amide bonds. The average Bonchev–Trinajstić information content (AvgIpc) is 1.98. The third kappa shape index (κ3) is 2.00. The zero-order valence-corrected chi connectivity index (χ0v) is 8.71. The molecule has 13 heavy (non-hydrogen) atoms. The zero-order valence-electron chi connectivity index (χ0n) is 7.14. The van der Waals surface area contributed by atoms with E-state index in [9.17, 15) is 12.8 Å². The first kappa shape index (κ1) is 10.5. The van der Waals surface area contributed by atoms with Gasteiger partial charge in [0.2, 0.25) is 0 Å². The molecule has 0 aromatic heterocycles. The second-order valence-electron chi connectivity index (χ2n) is 2.73. The number of halogens is 2. The second kappa shape index (κ2) is 3.27. The minimum absolute atomic E-state index is 0.0342. The molecule has 72 valence electrons. The van der Waals surface area contributed by atoms with E-state index in [4.69, 9.17) is 10.7 Å². The lowest BCUT2D eigenvalue weighted by atomic mass is 10.1. The van der Waals surface area contributed by atoms with E-state index < -0.39 is 14.9 Å². The van der Waals surface area contributed by atoms with Gasteiger partial charge >= 0.3 is 0 Å². The molecule has 0 N–H and O–H groups in total. The molecule has 0 radical (unpaired) electrons. The third-order valence-electron chi connectivity index (χ3n) is 1.93. The summed E-state index contributed by atoms with van der Waals surface area (Å²) in [7, 11) is 1.37.